The van der Waals surface area contributed by atoms with Crippen LogP contribution in [0.15, 0.2) is 0 Å². The molecule has 0 bridgehead atoms. The number of nitrogens with zero attached hydrogens (tertiary/aromatic N) is 4. The van der Waals surface area contributed by atoms with Crippen LogP contribution < -0.4 is 15.1 Å². The van der Waals surface area contributed by atoms with Crippen LogP contribution in [-0.4, -0.2) is 49.2 Å². The van der Waals surface area contributed by atoms with Gasteiger partial charge in [0.2, 0.25) is 5.95 Å². The molecule has 0 atom stereocenters. The number of fused-ring (bicyclic) bond motifs is 1. The molecule has 1 aromatic heterocycles. The van der Waals surface area contributed by atoms with Crippen LogP contribution in [0.3, 0.4) is 0 Å². The quantitative estimate of drug-likeness (QED) is 0.899. The van der Waals surface area contributed by atoms with Crippen molar-refractivity contribution < 1.29 is 0 Å². The van der Waals surface area contributed by atoms with Gasteiger partial charge in [-0.3, -0.25) is 0 Å². The summed E-state index contributed by atoms with van der Waals surface area (Å²) >= 11 is 0. The van der Waals surface area contributed by atoms with Gasteiger partial charge in [0.15, 0.2) is 0 Å². The van der Waals surface area contributed by atoms with Gasteiger partial charge < -0.3 is 15.1 Å². The molecule has 4 rings (SSSR count). The van der Waals surface area contributed by atoms with E-state index in [1.807, 2.05) is 0 Å². The fourth-order valence-corrected chi connectivity index (χ4v) is 3.89. The second kappa shape index (κ2) is 6.03. The Morgan fingerprint density at radius 3 is 2.50 bits per heavy atom. The zero-order valence-corrected chi connectivity index (χ0v) is 13.6. The summed E-state index contributed by atoms with van der Waals surface area (Å²) in [5, 5.41) is 3.44. The van der Waals surface area contributed by atoms with Crippen molar-refractivity contribution in [3.63, 3.8) is 0 Å². The van der Waals surface area contributed by atoms with Crippen molar-refractivity contribution in [3.8, 4) is 0 Å². The first-order valence-corrected chi connectivity index (χ1v) is 8.91. The van der Waals surface area contributed by atoms with E-state index in [1.54, 1.807) is 0 Å². The standard InChI is InChI=1S/C17H27N5/c1-13-5-9-22(10-6-13)17-19-15-4-2-3-14(15)16(20-17)21-11-7-18-8-12-21/h13,18H,2-12H2,1H3. The van der Waals surface area contributed by atoms with E-state index in [9.17, 15) is 0 Å². The minimum atomic E-state index is 0.846. The maximum atomic E-state index is 5.03. The number of anilines is 2. The van der Waals surface area contributed by atoms with E-state index < -0.39 is 0 Å². The highest BCUT2D eigenvalue weighted by molar-refractivity contribution is 5.55. The summed E-state index contributed by atoms with van der Waals surface area (Å²) < 4.78 is 0. The predicted molar refractivity (Wildman–Crippen MR) is 89.8 cm³/mol. The first kappa shape index (κ1) is 14.2. The summed E-state index contributed by atoms with van der Waals surface area (Å²) in [4.78, 5) is 14.8. The number of nitrogens with one attached hydrogen (secondary N) is 1. The molecule has 1 aliphatic carbocycles. The Kier molecular flexibility index (Phi) is 3.90. The number of rotatable bonds is 2. The lowest BCUT2D eigenvalue weighted by molar-refractivity contribution is 0.434. The normalized spacial score (nSPS) is 23.0. The number of aryl methyl sites for hydroxylation is 1. The maximum absolute atomic E-state index is 5.03. The Balaban J connectivity index is 1.65. The third kappa shape index (κ3) is 2.67. The molecule has 0 radical (unpaired) electrons. The van der Waals surface area contributed by atoms with Crippen molar-refractivity contribution in [2.24, 2.45) is 5.92 Å². The van der Waals surface area contributed by atoms with Crippen LogP contribution >= 0.6 is 0 Å². The average Bonchev–Trinajstić information content (AvgIpc) is 3.04. The van der Waals surface area contributed by atoms with E-state index in [0.717, 1.165) is 64.0 Å². The molecule has 0 aromatic carbocycles. The lowest BCUT2D eigenvalue weighted by Gasteiger charge is -2.33. The molecule has 5 nitrogen and oxygen atoms in total. The van der Waals surface area contributed by atoms with Crippen LogP contribution in [0.5, 0.6) is 0 Å². The molecule has 3 heterocycles. The monoisotopic (exact) mass is 301 g/mol. The number of piperidine rings is 1. The van der Waals surface area contributed by atoms with Gasteiger partial charge in [0.1, 0.15) is 5.82 Å². The summed E-state index contributed by atoms with van der Waals surface area (Å²) in [6.45, 7) is 8.85. The van der Waals surface area contributed by atoms with Gasteiger partial charge in [-0.1, -0.05) is 6.92 Å². The zero-order valence-electron chi connectivity index (χ0n) is 13.6. The Morgan fingerprint density at radius 2 is 1.73 bits per heavy atom. The van der Waals surface area contributed by atoms with Crippen molar-refractivity contribution in [1.29, 1.82) is 0 Å². The van der Waals surface area contributed by atoms with Crippen molar-refractivity contribution in [2.75, 3.05) is 49.1 Å². The summed E-state index contributed by atoms with van der Waals surface area (Å²) in [6.07, 6.45) is 6.07. The Labute approximate surface area is 133 Å². The molecule has 0 amide bonds. The highest BCUT2D eigenvalue weighted by Gasteiger charge is 2.26. The number of piperazine rings is 1. The molecule has 0 spiro atoms. The van der Waals surface area contributed by atoms with E-state index in [1.165, 1.54) is 36.3 Å². The number of aromatic nitrogens is 2. The number of hydrogen-bond acceptors (Lipinski definition) is 5. The van der Waals surface area contributed by atoms with E-state index in [2.05, 4.69) is 22.0 Å². The number of hydrogen-bond donors (Lipinski definition) is 1. The molecule has 0 saturated carbocycles. The predicted octanol–water partition coefficient (Wildman–Crippen LogP) is 1.61. The second-order valence-electron chi connectivity index (χ2n) is 7.03. The Morgan fingerprint density at radius 1 is 0.955 bits per heavy atom. The molecule has 3 aliphatic rings. The third-order valence-corrected chi connectivity index (χ3v) is 5.38. The fourth-order valence-electron chi connectivity index (χ4n) is 3.89. The van der Waals surface area contributed by atoms with Crippen molar-refractivity contribution in [2.45, 2.75) is 39.0 Å². The lowest BCUT2D eigenvalue weighted by atomic mass is 10.00. The molecule has 2 aliphatic heterocycles. The van der Waals surface area contributed by atoms with Gasteiger partial charge in [0, 0.05) is 44.8 Å². The zero-order chi connectivity index (χ0) is 14.9. The Bertz CT molecular complexity index is 530. The molecule has 22 heavy (non-hydrogen) atoms. The minimum Gasteiger partial charge on any atom is -0.354 e. The van der Waals surface area contributed by atoms with Crippen LogP contribution in [-0.2, 0) is 12.8 Å². The first-order chi connectivity index (χ1) is 10.8. The van der Waals surface area contributed by atoms with Crippen molar-refractivity contribution in [1.82, 2.24) is 15.3 Å². The second-order valence-corrected chi connectivity index (χ2v) is 7.03. The fraction of sp³-hybridized carbons (Fsp3) is 0.765. The van der Waals surface area contributed by atoms with Crippen LogP contribution in [0.1, 0.15) is 37.4 Å². The van der Waals surface area contributed by atoms with Crippen LogP contribution in [0.4, 0.5) is 11.8 Å². The summed E-state index contributed by atoms with van der Waals surface area (Å²) in [5.74, 6) is 3.07. The summed E-state index contributed by atoms with van der Waals surface area (Å²) in [6, 6.07) is 0. The molecule has 5 heteroatoms. The SMILES string of the molecule is CC1CCN(c2nc3c(c(N4CCNCC4)n2)CCC3)CC1. The summed E-state index contributed by atoms with van der Waals surface area (Å²) in [7, 11) is 0. The smallest absolute Gasteiger partial charge is 0.227 e. The topological polar surface area (TPSA) is 44.3 Å². The van der Waals surface area contributed by atoms with Gasteiger partial charge in [-0.2, -0.15) is 4.98 Å². The van der Waals surface area contributed by atoms with Gasteiger partial charge in [-0.05, 0) is 38.0 Å². The van der Waals surface area contributed by atoms with E-state index in [-0.39, 0.29) is 0 Å². The average molecular weight is 301 g/mol. The van der Waals surface area contributed by atoms with E-state index in [4.69, 9.17) is 9.97 Å². The highest BCUT2D eigenvalue weighted by atomic mass is 15.3. The van der Waals surface area contributed by atoms with Crippen LogP contribution in [0.2, 0.25) is 0 Å². The molecule has 2 fully saturated rings. The summed E-state index contributed by atoms with van der Waals surface area (Å²) in [5.41, 5.74) is 2.74. The largest absolute Gasteiger partial charge is 0.354 e. The van der Waals surface area contributed by atoms with Gasteiger partial charge in [-0.25, -0.2) is 4.98 Å². The first-order valence-electron chi connectivity index (χ1n) is 8.91. The molecule has 0 unspecified atom stereocenters. The third-order valence-electron chi connectivity index (χ3n) is 5.38. The highest BCUT2D eigenvalue weighted by Crippen LogP contribution is 2.32. The molecule has 1 aromatic rings. The van der Waals surface area contributed by atoms with Crippen LogP contribution in [0, 0.1) is 5.92 Å². The molecule has 2 saturated heterocycles. The van der Waals surface area contributed by atoms with Gasteiger partial charge >= 0.3 is 0 Å². The van der Waals surface area contributed by atoms with Crippen LogP contribution in [0.25, 0.3) is 0 Å². The minimum absolute atomic E-state index is 0.846. The van der Waals surface area contributed by atoms with Gasteiger partial charge in [0.05, 0.1) is 5.69 Å². The van der Waals surface area contributed by atoms with E-state index in [0.29, 0.717) is 0 Å². The molecular formula is C17H27N5. The van der Waals surface area contributed by atoms with Gasteiger partial charge in [0.25, 0.3) is 0 Å². The van der Waals surface area contributed by atoms with E-state index >= 15 is 0 Å². The molecule has 1 N–H and O–H groups in total. The van der Waals surface area contributed by atoms with Crippen molar-refractivity contribution in [3.05, 3.63) is 11.3 Å². The van der Waals surface area contributed by atoms with Crippen molar-refractivity contribution >= 4 is 11.8 Å². The molecule has 120 valence electrons. The van der Waals surface area contributed by atoms with Gasteiger partial charge in [-0.15, -0.1) is 0 Å². The maximum Gasteiger partial charge on any atom is 0.227 e. The molecular weight excluding hydrogens is 274 g/mol. The lowest BCUT2D eigenvalue weighted by Crippen LogP contribution is -2.44. The Hall–Kier alpha value is -1.36.